The van der Waals surface area contributed by atoms with E-state index in [1.807, 2.05) is 6.92 Å². The first kappa shape index (κ1) is 18.8. The molecule has 2 aromatic heterocycles. The van der Waals surface area contributed by atoms with Gasteiger partial charge in [0.25, 0.3) is 0 Å². The molecule has 0 unspecified atom stereocenters. The number of anilines is 2. The smallest absolute Gasteiger partial charge is 0.301 e. The van der Waals surface area contributed by atoms with Crippen molar-refractivity contribution in [2.75, 3.05) is 24.1 Å². The van der Waals surface area contributed by atoms with E-state index in [0.29, 0.717) is 17.2 Å². The number of nitrogens with one attached hydrogen (secondary N) is 2. The van der Waals surface area contributed by atoms with Gasteiger partial charge in [-0.15, -0.1) is 0 Å². The van der Waals surface area contributed by atoms with Crippen LogP contribution in [0.25, 0.3) is 11.1 Å². The first-order chi connectivity index (χ1) is 11.6. The Bertz CT molecular complexity index is 910. The van der Waals surface area contributed by atoms with Crippen molar-refractivity contribution < 1.29 is 13.2 Å². The predicted octanol–water partition coefficient (Wildman–Crippen LogP) is 1.94. The third-order valence-electron chi connectivity index (χ3n) is 3.61. The second-order valence-electron chi connectivity index (χ2n) is 5.76. The Labute approximate surface area is 147 Å². The van der Waals surface area contributed by atoms with Crippen molar-refractivity contribution in [2.45, 2.75) is 20.8 Å². The van der Waals surface area contributed by atoms with Crippen LogP contribution in [0.2, 0.25) is 0 Å². The Kier molecular flexibility index (Phi) is 5.39. The van der Waals surface area contributed by atoms with E-state index in [4.69, 9.17) is 0 Å². The molecule has 0 radical (unpaired) electrons. The predicted molar refractivity (Wildman–Crippen MR) is 97.5 cm³/mol. The topological polar surface area (TPSA) is 104 Å². The lowest BCUT2D eigenvalue weighted by Crippen LogP contribution is -2.29. The minimum atomic E-state index is -3.65. The van der Waals surface area contributed by atoms with Crippen LogP contribution >= 0.6 is 0 Å². The molecule has 0 saturated carbocycles. The van der Waals surface area contributed by atoms with Gasteiger partial charge in [-0.05, 0) is 37.1 Å². The summed E-state index contributed by atoms with van der Waals surface area (Å²) in [5, 5.41) is 2.62. The number of hydrogen-bond donors (Lipinski definition) is 2. The second-order valence-corrected chi connectivity index (χ2v) is 7.64. The number of carbonyl (C=O) groups excluding carboxylic acids is 1. The zero-order chi connectivity index (χ0) is 18.8. The average molecular weight is 363 g/mol. The Morgan fingerprint density at radius 2 is 1.88 bits per heavy atom. The highest BCUT2D eigenvalue weighted by atomic mass is 32.2. The molecular weight excluding hydrogens is 342 g/mol. The van der Waals surface area contributed by atoms with Gasteiger partial charge in [0.15, 0.2) is 0 Å². The lowest BCUT2D eigenvalue weighted by molar-refractivity contribution is -0.114. The van der Waals surface area contributed by atoms with E-state index in [1.54, 1.807) is 31.5 Å². The lowest BCUT2D eigenvalue weighted by Gasteiger charge is -2.18. The lowest BCUT2D eigenvalue weighted by atomic mass is 10.0. The summed E-state index contributed by atoms with van der Waals surface area (Å²) >= 11 is 0. The number of aromatic nitrogens is 2. The number of aryl methyl sites for hydroxylation is 1. The molecule has 0 aliphatic carbocycles. The van der Waals surface area contributed by atoms with Crippen LogP contribution in [0.5, 0.6) is 0 Å². The Morgan fingerprint density at radius 3 is 2.48 bits per heavy atom. The Hall–Kier alpha value is -2.52. The second kappa shape index (κ2) is 7.16. The van der Waals surface area contributed by atoms with Gasteiger partial charge in [-0.3, -0.25) is 14.5 Å². The highest BCUT2D eigenvalue weighted by Crippen LogP contribution is 2.31. The quantitative estimate of drug-likeness (QED) is 0.845. The molecule has 0 bridgehead atoms. The molecule has 2 aromatic rings. The van der Waals surface area contributed by atoms with Crippen molar-refractivity contribution in [1.82, 2.24) is 14.3 Å². The average Bonchev–Trinajstić information content (AvgIpc) is 2.51. The van der Waals surface area contributed by atoms with E-state index >= 15 is 0 Å². The monoisotopic (exact) mass is 363 g/mol. The van der Waals surface area contributed by atoms with Gasteiger partial charge in [0.1, 0.15) is 5.82 Å². The molecule has 25 heavy (non-hydrogen) atoms. The summed E-state index contributed by atoms with van der Waals surface area (Å²) in [5.74, 6) is 0.197. The van der Waals surface area contributed by atoms with Crippen LogP contribution in [0.1, 0.15) is 18.2 Å². The first-order valence-corrected chi connectivity index (χ1v) is 8.96. The van der Waals surface area contributed by atoms with Gasteiger partial charge in [0.05, 0.1) is 11.4 Å². The van der Waals surface area contributed by atoms with Crippen LogP contribution in [-0.2, 0) is 15.0 Å². The normalized spacial score (nSPS) is 11.4. The number of nitrogens with zero attached hydrogens (tertiary/aromatic N) is 3. The van der Waals surface area contributed by atoms with Crippen molar-refractivity contribution in [3.63, 3.8) is 0 Å². The van der Waals surface area contributed by atoms with Gasteiger partial charge < -0.3 is 5.32 Å². The number of hydrogen-bond acceptors (Lipinski definition) is 5. The zero-order valence-corrected chi connectivity index (χ0v) is 15.6. The highest BCUT2D eigenvalue weighted by Gasteiger charge is 2.18. The van der Waals surface area contributed by atoms with E-state index in [9.17, 15) is 13.2 Å². The van der Waals surface area contributed by atoms with Gasteiger partial charge in [0.2, 0.25) is 5.91 Å². The molecule has 0 aliphatic rings. The fraction of sp³-hybridized carbons (Fsp3) is 0.312. The van der Waals surface area contributed by atoms with Crippen LogP contribution in [0.3, 0.4) is 0 Å². The molecule has 2 rings (SSSR count). The van der Waals surface area contributed by atoms with Crippen LogP contribution in [0, 0.1) is 13.8 Å². The summed E-state index contributed by atoms with van der Waals surface area (Å²) in [6, 6.07) is 3.49. The standard InChI is InChI=1S/C16H21N5O3S/c1-10-14(13-6-7-17-15(8-13)19-12(3)22)9-18-11(2)16(10)20-25(23,24)21(4)5/h6-9,20H,1-5H3,(H,17,19,22). The largest absolute Gasteiger partial charge is 0.311 e. The maximum absolute atomic E-state index is 12.2. The summed E-state index contributed by atoms with van der Waals surface area (Å²) in [4.78, 5) is 19.6. The van der Waals surface area contributed by atoms with Gasteiger partial charge in [-0.1, -0.05) is 0 Å². The molecule has 9 heteroatoms. The fourth-order valence-corrected chi connectivity index (χ4v) is 2.98. The number of carbonyl (C=O) groups is 1. The molecule has 1 amide bonds. The van der Waals surface area contributed by atoms with E-state index in [0.717, 1.165) is 21.0 Å². The fourth-order valence-electron chi connectivity index (χ4n) is 2.24. The van der Waals surface area contributed by atoms with Crippen molar-refractivity contribution in [1.29, 1.82) is 0 Å². The number of pyridine rings is 2. The van der Waals surface area contributed by atoms with Crippen molar-refractivity contribution >= 4 is 27.6 Å². The van der Waals surface area contributed by atoms with Crippen LogP contribution < -0.4 is 10.0 Å². The Morgan fingerprint density at radius 1 is 1.20 bits per heavy atom. The summed E-state index contributed by atoms with van der Waals surface area (Å²) in [6.45, 7) is 4.96. The summed E-state index contributed by atoms with van der Waals surface area (Å²) < 4.78 is 28.0. The van der Waals surface area contributed by atoms with Gasteiger partial charge in [0, 0.05) is 39.0 Å². The molecule has 0 atom stereocenters. The zero-order valence-electron chi connectivity index (χ0n) is 14.8. The van der Waals surface area contributed by atoms with Crippen LogP contribution in [-0.4, -0.2) is 42.7 Å². The molecule has 0 aliphatic heterocycles. The highest BCUT2D eigenvalue weighted by molar-refractivity contribution is 7.90. The molecular formula is C16H21N5O3S. The van der Waals surface area contributed by atoms with E-state index in [2.05, 4.69) is 20.0 Å². The van der Waals surface area contributed by atoms with E-state index < -0.39 is 10.2 Å². The number of amides is 1. The summed E-state index contributed by atoms with van der Waals surface area (Å²) in [6.07, 6.45) is 3.24. The van der Waals surface area contributed by atoms with E-state index in [1.165, 1.54) is 21.0 Å². The number of rotatable bonds is 5. The Balaban J connectivity index is 2.51. The van der Waals surface area contributed by atoms with Crippen LogP contribution in [0.15, 0.2) is 24.5 Å². The summed E-state index contributed by atoms with van der Waals surface area (Å²) in [5.41, 5.74) is 3.26. The van der Waals surface area contributed by atoms with E-state index in [-0.39, 0.29) is 5.91 Å². The van der Waals surface area contributed by atoms with Crippen LogP contribution in [0.4, 0.5) is 11.5 Å². The van der Waals surface area contributed by atoms with Gasteiger partial charge >= 0.3 is 10.2 Å². The van der Waals surface area contributed by atoms with Crippen molar-refractivity contribution in [3.05, 3.63) is 35.8 Å². The maximum atomic E-state index is 12.2. The molecule has 2 heterocycles. The van der Waals surface area contributed by atoms with Gasteiger partial charge in [-0.2, -0.15) is 12.7 Å². The molecule has 0 saturated heterocycles. The minimum Gasteiger partial charge on any atom is -0.311 e. The molecule has 8 nitrogen and oxygen atoms in total. The first-order valence-electron chi connectivity index (χ1n) is 7.52. The SMILES string of the molecule is CC(=O)Nc1cc(-c2cnc(C)c(NS(=O)(=O)N(C)C)c2C)ccn1. The minimum absolute atomic E-state index is 0.220. The van der Waals surface area contributed by atoms with Crippen molar-refractivity contribution in [3.8, 4) is 11.1 Å². The van der Waals surface area contributed by atoms with Gasteiger partial charge in [-0.25, -0.2) is 4.98 Å². The maximum Gasteiger partial charge on any atom is 0.301 e. The third-order valence-corrected chi connectivity index (χ3v) is 5.04. The third kappa shape index (κ3) is 4.31. The molecule has 134 valence electrons. The molecule has 2 N–H and O–H groups in total. The molecule has 0 aromatic carbocycles. The molecule has 0 spiro atoms. The summed E-state index contributed by atoms with van der Waals surface area (Å²) in [7, 11) is -0.743. The van der Waals surface area contributed by atoms with Crippen molar-refractivity contribution in [2.24, 2.45) is 0 Å². The molecule has 0 fully saturated rings.